The van der Waals surface area contributed by atoms with E-state index in [1.807, 2.05) is 24.3 Å². The lowest BCUT2D eigenvalue weighted by atomic mass is 9.99. The van der Waals surface area contributed by atoms with Crippen molar-refractivity contribution in [2.24, 2.45) is 0 Å². The molecular formula is C17H24N2O2. The number of carbonyl (C=O) groups is 1. The number of nitrogens with zero attached hydrogens (tertiary/aromatic N) is 2. The standard InChI is InChI=1S/C17H24N2O2/c1-21-16-7-4-5-14(11-16)17(20)13-18-9-10-19-8-3-2-6-15(19)12-18/h4-5,7,11,15H,2-3,6,8-10,12-13H2,1H3. The van der Waals surface area contributed by atoms with Crippen molar-refractivity contribution in [3.05, 3.63) is 29.8 Å². The van der Waals surface area contributed by atoms with Gasteiger partial charge in [-0.05, 0) is 31.5 Å². The molecule has 0 amide bonds. The summed E-state index contributed by atoms with van der Waals surface area (Å²) in [6.07, 6.45) is 3.95. The molecule has 0 bridgehead atoms. The van der Waals surface area contributed by atoms with E-state index in [1.165, 1.54) is 25.8 Å². The smallest absolute Gasteiger partial charge is 0.176 e. The van der Waals surface area contributed by atoms with E-state index in [0.717, 1.165) is 30.9 Å². The average molecular weight is 288 g/mol. The molecule has 2 heterocycles. The highest BCUT2D eigenvalue weighted by atomic mass is 16.5. The topological polar surface area (TPSA) is 32.8 Å². The number of fused-ring (bicyclic) bond motifs is 1. The lowest BCUT2D eigenvalue weighted by Crippen LogP contribution is -2.55. The minimum Gasteiger partial charge on any atom is -0.497 e. The van der Waals surface area contributed by atoms with Crippen LogP contribution in [0.25, 0.3) is 0 Å². The number of carbonyl (C=O) groups excluding carboxylic acids is 1. The molecule has 21 heavy (non-hydrogen) atoms. The van der Waals surface area contributed by atoms with Crippen molar-refractivity contribution < 1.29 is 9.53 Å². The predicted molar refractivity (Wildman–Crippen MR) is 83.0 cm³/mol. The number of ketones is 1. The number of Topliss-reactive ketones (excluding diaryl/α,β-unsaturated/α-hetero) is 1. The summed E-state index contributed by atoms with van der Waals surface area (Å²) >= 11 is 0. The van der Waals surface area contributed by atoms with E-state index >= 15 is 0 Å². The quantitative estimate of drug-likeness (QED) is 0.794. The molecule has 114 valence electrons. The van der Waals surface area contributed by atoms with E-state index in [9.17, 15) is 4.79 Å². The molecule has 0 N–H and O–H groups in total. The third-order valence-electron chi connectivity index (χ3n) is 4.68. The summed E-state index contributed by atoms with van der Waals surface area (Å²) in [5.41, 5.74) is 0.750. The minimum absolute atomic E-state index is 0.193. The molecule has 0 saturated carbocycles. The highest BCUT2D eigenvalue weighted by Gasteiger charge is 2.29. The van der Waals surface area contributed by atoms with Crippen LogP contribution in [0.3, 0.4) is 0 Å². The van der Waals surface area contributed by atoms with E-state index in [1.54, 1.807) is 7.11 Å². The number of methoxy groups -OCH3 is 1. The van der Waals surface area contributed by atoms with Crippen LogP contribution >= 0.6 is 0 Å². The Labute approximate surface area is 126 Å². The lowest BCUT2D eigenvalue weighted by molar-refractivity contribution is 0.0469. The Hall–Kier alpha value is -1.39. The van der Waals surface area contributed by atoms with Crippen molar-refractivity contribution in [2.75, 3.05) is 39.8 Å². The first-order valence-corrected chi connectivity index (χ1v) is 7.90. The largest absolute Gasteiger partial charge is 0.497 e. The highest BCUT2D eigenvalue weighted by molar-refractivity contribution is 5.97. The Bertz CT molecular complexity index is 503. The molecule has 1 atom stereocenters. The van der Waals surface area contributed by atoms with Crippen molar-refractivity contribution in [3.8, 4) is 5.75 Å². The van der Waals surface area contributed by atoms with Crippen molar-refractivity contribution in [2.45, 2.75) is 25.3 Å². The van der Waals surface area contributed by atoms with Crippen LogP contribution in [0.15, 0.2) is 24.3 Å². The third-order valence-corrected chi connectivity index (χ3v) is 4.68. The first-order valence-electron chi connectivity index (χ1n) is 7.90. The molecule has 4 heteroatoms. The zero-order chi connectivity index (χ0) is 14.7. The van der Waals surface area contributed by atoms with Crippen LogP contribution in [-0.4, -0.2) is 61.5 Å². The van der Waals surface area contributed by atoms with Crippen molar-refractivity contribution in [3.63, 3.8) is 0 Å². The fourth-order valence-electron chi connectivity index (χ4n) is 3.45. The van der Waals surface area contributed by atoms with Gasteiger partial charge < -0.3 is 4.74 Å². The zero-order valence-electron chi connectivity index (χ0n) is 12.8. The Balaban J connectivity index is 1.59. The number of piperazine rings is 1. The summed E-state index contributed by atoms with van der Waals surface area (Å²) in [6.45, 7) is 4.91. The summed E-state index contributed by atoms with van der Waals surface area (Å²) in [7, 11) is 1.63. The summed E-state index contributed by atoms with van der Waals surface area (Å²) in [5.74, 6) is 0.941. The Kier molecular flexibility index (Phi) is 4.56. The summed E-state index contributed by atoms with van der Waals surface area (Å²) < 4.78 is 5.19. The van der Waals surface area contributed by atoms with E-state index in [4.69, 9.17) is 4.74 Å². The molecular weight excluding hydrogens is 264 g/mol. The first-order chi connectivity index (χ1) is 10.3. The third kappa shape index (κ3) is 3.44. The minimum atomic E-state index is 0.193. The van der Waals surface area contributed by atoms with E-state index in [-0.39, 0.29) is 5.78 Å². The number of hydrogen-bond acceptors (Lipinski definition) is 4. The summed E-state index contributed by atoms with van der Waals surface area (Å²) in [4.78, 5) is 17.3. The second-order valence-electron chi connectivity index (χ2n) is 6.08. The predicted octanol–water partition coefficient (Wildman–Crippen LogP) is 2.05. The van der Waals surface area contributed by atoms with Crippen LogP contribution in [0.1, 0.15) is 29.6 Å². The van der Waals surface area contributed by atoms with Gasteiger partial charge in [0.25, 0.3) is 0 Å². The Morgan fingerprint density at radius 2 is 2.19 bits per heavy atom. The molecule has 1 aromatic rings. The fourth-order valence-corrected chi connectivity index (χ4v) is 3.45. The second-order valence-corrected chi connectivity index (χ2v) is 6.08. The lowest BCUT2D eigenvalue weighted by Gasteiger charge is -2.43. The molecule has 1 aromatic carbocycles. The normalized spacial score (nSPS) is 23.6. The number of benzene rings is 1. The molecule has 0 radical (unpaired) electrons. The van der Waals surface area contributed by atoms with Gasteiger partial charge in [-0.3, -0.25) is 14.6 Å². The van der Waals surface area contributed by atoms with Gasteiger partial charge in [-0.2, -0.15) is 0 Å². The Morgan fingerprint density at radius 1 is 1.29 bits per heavy atom. The number of hydrogen-bond donors (Lipinski definition) is 0. The number of ether oxygens (including phenoxy) is 1. The Morgan fingerprint density at radius 3 is 3.05 bits per heavy atom. The first kappa shape index (κ1) is 14.5. The fraction of sp³-hybridized carbons (Fsp3) is 0.588. The number of rotatable bonds is 4. The van der Waals surface area contributed by atoms with Crippen LogP contribution in [0.5, 0.6) is 5.75 Å². The van der Waals surface area contributed by atoms with Gasteiger partial charge in [0.1, 0.15) is 5.75 Å². The van der Waals surface area contributed by atoms with Gasteiger partial charge >= 0.3 is 0 Å². The van der Waals surface area contributed by atoms with Crippen molar-refractivity contribution in [1.82, 2.24) is 9.80 Å². The SMILES string of the molecule is COc1cccc(C(=O)CN2CCN3CCCCC3C2)c1. The molecule has 0 spiro atoms. The molecule has 4 nitrogen and oxygen atoms in total. The summed E-state index contributed by atoms with van der Waals surface area (Å²) in [5, 5.41) is 0. The second kappa shape index (κ2) is 6.58. The molecule has 0 aromatic heterocycles. The van der Waals surface area contributed by atoms with Crippen LogP contribution in [0.4, 0.5) is 0 Å². The van der Waals surface area contributed by atoms with Crippen LogP contribution in [0.2, 0.25) is 0 Å². The number of piperidine rings is 1. The van der Waals surface area contributed by atoms with E-state index in [0.29, 0.717) is 12.6 Å². The zero-order valence-corrected chi connectivity index (χ0v) is 12.8. The summed E-state index contributed by atoms with van der Waals surface area (Å²) in [6, 6.07) is 8.12. The van der Waals surface area contributed by atoms with Gasteiger partial charge in [-0.25, -0.2) is 0 Å². The van der Waals surface area contributed by atoms with Crippen LogP contribution in [0, 0.1) is 0 Å². The highest BCUT2D eigenvalue weighted by Crippen LogP contribution is 2.21. The molecule has 2 fully saturated rings. The van der Waals surface area contributed by atoms with Gasteiger partial charge in [0.15, 0.2) is 5.78 Å². The van der Waals surface area contributed by atoms with Gasteiger partial charge in [0, 0.05) is 31.2 Å². The van der Waals surface area contributed by atoms with Crippen LogP contribution in [-0.2, 0) is 0 Å². The molecule has 2 aliphatic rings. The maximum absolute atomic E-state index is 12.4. The van der Waals surface area contributed by atoms with Gasteiger partial charge in [0.2, 0.25) is 0 Å². The monoisotopic (exact) mass is 288 g/mol. The van der Waals surface area contributed by atoms with Crippen molar-refractivity contribution in [1.29, 1.82) is 0 Å². The molecule has 3 rings (SSSR count). The van der Waals surface area contributed by atoms with Crippen LogP contribution < -0.4 is 4.74 Å². The molecule has 2 saturated heterocycles. The van der Waals surface area contributed by atoms with Crippen molar-refractivity contribution >= 4 is 5.78 Å². The molecule has 1 unspecified atom stereocenters. The molecule has 2 aliphatic heterocycles. The maximum Gasteiger partial charge on any atom is 0.176 e. The van der Waals surface area contributed by atoms with Gasteiger partial charge in [-0.15, -0.1) is 0 Å². The van der Waals surface area contributed by atoms with E-state index in [2.05, 4.69) is 9.80 Å². The average Bonchev–Trinajstić information content (AvgIpc) is 2.54. The van der Waals surface area contributed by atoms with Gasteiger partial charge in [0.05, 0.1) is 13.7 Å². The van der Waals surface area contributed by atoms with E-state index < -0.39 is 0 Å². The molecule has 0 aliphatic carbocycles. The van der Waals surface area contributed by atoms with Gasteiger partial charge in [-0.1, -0.05) is 18.6 Å². The maximum atomic E-state index is 12.4.